The topological polar surface area (TPSA) is 171 Å². The Kier molecular flexibility index (Phi) is 13.8. The third-order valence-electron chi connectivity index (χ3n) is 9.68. The molecular weight excluding hydrogens is 592 g/mol. The van der Waals surface area contributed by atoms with E-state index >= 15 is 0 Å². The van der Waals surface area contributed by atoms with Crippen molar-refractivity contribution in [2.24, 2.45) is 0 Å². The maximum atomic E-state index is 13.3. The molecule has 2 amide bonds. The lowest BCUT2D eigenvalue weighted by Crippen LogP contribution is -2.79. The molecule has 7 N–H and O–H groups in total. The highest BCUT2D eigenvalue weighted by molar-refractivity contribution is 5.97. The van der Waals surface area contributed by atoms with Crippen molar-refractivity contribution in [1.82, 2.24) is 21.3 Å². The molecule has 2 aliphatic heterocycles. The third-order valence-corrected chi connectivity index (χ3v) is 9.68. The zero-order valence-corrected chi connectivity index (χ0v) is 27.9. The summed E-state index contributed by atoms with van der Waals surface area (Å²) >= 11 is 0. The Morgan fingerprint density at radius 2 is 1.37 bits per heavy atom. The molecule has 12 heteroatoms. The summed E-state index contributed by atoms with van der Waals surface area (Å²) in [4.78, 5) is 26.0. The van der Waals surface area contributed by atoms with E-state index in [-0.39, 0.29) is 12.3 Å². The Labute approximate surface area is 273 Å². The summed E-state index contributed by atoms with van der Waals surface area (Å²) in [6.07, 6.45) is 6.85. The summed E-state index contributed by atoms with van der Waals surface area (Å²) in [6.45, 7) is 4.64. The Balaban J connectivity index is 1.28. The fraction of sp³-hybridized carbons (Fsp3) is 0.765. The number of aliphatic hydroxyl groups is 3. The Morgan fingerprint density at radius 3 is 1.96 bits per heavy atom. The number of carbonyl (C=O) groups excluding carboxylic acids is 2. The van der Waals surface area contributed by atoms with Crippen LogP contribution in [-0.4, -0.2) is 108 Å². The summed E-state index contributed by atoms with van der Waals surface area (Å²) in [7, 11) is 3.28. The molecule has 4 rings (SSSR count). The minimum atomic E-state index is -2.08. The number of nitrogens with one attached hydrogen (secondary N) is 4. The number of ether oxygens (including phenoxy) is 3. The van der Waals surface area contributed by atoms with E-state index in [1.807, 2.05) is 0 Å². The molecule has 0 aromatic heterocycles. The third kappa shape index (κ3) is 8.65. The molecule has 0 radical (unpaired) electrons. The molecule has 3 aliphatic rings. The van der Waals surface area contributed by atoms with E-state index in [2.05, 4.69) is 28.2 Å². The molecule has 260 valence electrons. The van der Waals surface area contributed by atoms with Gasteiger partial charge in [0.25, 0.3) is 11.8 Å². The van der Waals surface area contributed by atoms with Crippen molar-refractivity contribution in [3.63, 3.8) is 0 Å². The molecule has 2 heterocycles. The van der Waals surface area contributed by atoms with E-state index < -0.39 is 66.6 Å². The number of benzene rings is 1. The molecule has 2 saturated heterocycles. The number of carbonyl (C=O) groups is 2. The Bertz CT molecular complexity index is 1110. The Hall–Kier alpha value is -2.16. The summed E-state index contributed by atoms with van der Waals surface area (Å²) < 4.78 is 18.2. The smallest absolute Gasteiger partial charge is 0.251 e. The monoisotopic (exact) mass is 648 g/mol. The molecule has 1 saturated carbocycles. The van der Waals surface area contributed by atoms with Crippen molar-refractivity contribution < 1.29 is 39.1 Å². The second-order valence-corrected chi connectivity index (χ2v) is 13.1. The molecule has 1 aromatic carbocycles. The first-order valence-corrected chi connectivity index (χ1v) is 17.3. The summed E-state index contributed by atoms with van der Waals surface area (Å²) in [6, 6.07) is 4.06. The van der Waals surface area contributed by atoms with Crippen LogP contribution >= 0.6 is 0 Å². The number of aliphatic hydroxyl groups excluding tert-OH is 2. The standard InChI is InChI=1S/C34H56N4O8/c1-5-6-7-8-9-10-11-12-13-14-19-37-31(41)22-15-17-23(18-16-22)32(42)38-24-20-21(2)44-33-34(24,43)46-29-26(36-4)27(39)25(35-3)28(40)30(29)45-33/h15-18,21,24-30,33,35-36,39-40,43H,5-14,19-20H2,1-4H3,(H,37,41)(H,38,42). The van der Waals surface area contributed by atoms with Gasteiger partial charge in [-0.25, -0.2) is 0 Å². The van der Waals surface area contributed by atoms with Crippen LogP contribution < -0.4 is 21.3 Å². The maximum Gasteiger partial charge on any atom is 0.251 e. The number of amides is 2. The van der Waals surface area contributed by atoms with E-state index in [9.17, 15) is 24.9 Å². The summed E-state index contributed by atoms with van der Waals surface area (Å²) in [5.41, 5.74) is 0.776. The Morgan fingerprint density at radius 1 is 0.804 bits per heavy atom. The molecule has 0 spiro atoms. The molecule has 46 heavy (non-hydrogen) atoms. The van der Waals surface area contributed by atoms with Crippen LogP contribution in [0.25, 0.3) is 0 Å². The fourth-order valence-corrected chi connectivity index (χ4v) is 6.95. The van der Waals surface area contributed by atoms with Gasteiger partial charge in [0.1, 0.15) is 18.3 Å². The van der Waals surface area contributed by atoms with Crippen molar-refractivity contribution in [3.8, 4) is 0 Å². The van der Waals surface area contributed by atoms with Crippen molar-refractivity contribution in [1.29, 1.82) is 0 Å². The van der Waals surface area contributed by atoms with Gasteiger partial charge in [0, 0.05) is 17.7 Å². The zero-order valence-electron chi connectivity index (χ0n) is 27.9. The molecule has 1 aromatic rings. The van der Waals surface area contributed by atoms with E-state index in [1.165, 1.54) is 51.4 Å². The van der Waals surface area contributed by atoms with Gasteiger partial charge in [0.2, 0.25) is 12.1 Å². The molecule has 10 unspecified atom stereocenters. The second-order valence-electron chi connectivity index (χ2n) is 13.1. The van der Waals surface area contributed by atoms with Gasteiger partial charge in [-0.05, 0) is 58.1 Å². The van der Waals surface area contributed by atoms with Gasteiger partial charge in [-0.1, -0.05) is 64.7 Å². The highest BCUT2D eigenvalue weighted by Crippen LogP contribution is 2.42. The zero-order chi connectivity index (χ0) is 33.3. The normalized spacial score (nSPS) is 33.9. The van der Waals surface area contributed by atoms with Crippen LogP contribution in [0.5, 0.6) is 0 Å². The van der Waals surface area contributed by atoms with E-state index in [4.69, 9.17) is 14.2 Å². The van der Waals surface area contributed by atoms with Crippen molar-refractivity contribution >= 4 is 11.8 Å². The number of hydrogen-bond acceptors (Lipinski definition) is 10. The largest absolute Gasteiger partial charge is 0.390 e. The first-order chi connectivity index (χ1) is 22.1. The number of rotatable bonds is 16. The van der Waals surface area contributed by atoms with E-state index in [0.29, 0.717) is 17.7 Å². The number of hydrogen-bond donors (Lipinski definition) is 7. The van der Waals surface area contributed by atoms with Gasteiger partial charge in [-0.3, -0.25) is 9.59 Å². The minimum Gasteiger partial charge on any atom is -0.390 e. The highest BCUT2D eigenvalue weighted by atomic mass is 16.8. The van der Waals surface area contributed by atoms with Gasteiger partial charge in [0.15, 0.2) is 0 Å². The van der Waals surface area contributed by atoms with Gasteiger partial charge in [-0.2, -0.15) is 0 Å². The van der Waals surface area contributed by atoms with E-state index in [1.54, 1.807) is 45.3 Å². The van der Waals surface area contributed by atoms with E-state index in [0.717, 1.165) is 12.8 Å². The van der Waals surface area contributed by atoms with Gasteiger partial charge >= 0.3 is 0 Å². The quantitative estimate of drug-likeness (QED) is 0.132. The molecule has 0 bridgehead atoms. The minimum absolute atomic E-state index is 0.183. The summed E-state index contributed by atoms with van der Waals surface area (Å²) in [5, 5.41) is 45.4. The second kappa shape index (κ2) is 17.3. The van der Waals surface area contributed by atoms with Crippen LogP contribution in [0.15, 0.2) is 24.3 Å². The van der Waals surface area contributed by atoms with Crippen LogP contribution in [0.1, 0.15) is 105 Å². The molecule has 10 atom stereocenters. The van der Waals surface area contributed by atoms with Crippen LogP contribution in [0.3, 0.4) is 0 Å². The maximum absolute atomic E-state index is 13.3. The van der Waals surface area contributed by atoms with Crippen LogP contribution in [0.2, 0.25) is 0 Å². The first-order valence-electron chi connectivity index (χ1n) is 17.3. The lowest BCUT2D eigenvalue weighted by molar-refractivity contribution is -0.448. The molecule has 12 nitrogen and oxygen atoms in total. The number of likely N-dealkylation sites (N-methyl/N-ethyl adjacent to an activating group) is 2. The van der Waals surface area contributed by atoms with Gasteiger partial charge in [0.05, 0.1) is 30.3 Å². The average molecular weight is 649 g/mol. The molecular formula is C34H56N4O8. The van der Waals surface area contributed by atoms with Crippen LogP contribution in [-0.2, 0) is 14.2 Å². The number of unbranched alkanes of at least 4 members (excludes halogenated alkanes) is 9. The highest BCUT2D eigenvalue weighted by Gasteiger charge is 2.63. The molecule has 3 fully saturated rings. The van der Waals surface area contributed by atoms with Gasteiger partial charge in [-0.15, -0.1) is 0 Å². The van der Waals surface area contributed by atoms with Crippen molar-refractivity contribution in [2.75, 3.05) is 20.6 Å². The first kappa shape index (κ1) is 36.7. The predicted molar refractivity (Wildman–Crippen MR) is 173 cm³/mol. The van der Waals surface area contributed by atoms with Crippen LogP contribution in [0.4, 0.5) is 0 Å². The lowest BCUT2D eigenvalue weighted by Gasteiger charge is -2.58. The SMILES string of the molecule is CCCCCCCCCCCCNC(=O)c1ccc(C(=O)NC2CC(C)OC3OC4C(O)C(NC)C(O)C(NC)C4OC23O)cc1. The van der Waals surface area contributed by atoms with Gasteiger partial charge < -0.3 is 50.8 Å². The van der Waals surface area contributed by atoms with Crippen molar-refractivity contribution in [3.05, 3.63) is 35.4 Å². The lowest BCUT2D eigenvalue weighted by atomic mass is 9.79. The van der Waals surface area contributed by atoms with Crippen LogP contribution in [0, 0.1) is 0 Å². The summed E-state index contributed by atoms with van der Waals surface area (Å²) in [5.74, 6) is -2.73. The molecule has 1 aliphatic carbocycles. The fourth-order valence-electron chi connectivity index (χ4n) is 6.95. The predicted octanol–water partition coefficient (Wildman–Crippen LogP) is 1.95. The van der Waals surface area contributed by atoms with Crippen molar-refractivity contribution in [2.45, 2.75) is 145 Å². The number of fused-ring (bicyclic) bond motifs is 2. The average Bonchev–Trinajstić information content (AvgIpc) is 3.04.